The summed E-state index contributed by atoms with van der Waals surface area (Å²) in [6.07, 6.45) is 4.26. The van der Waals surface area contributed by atoms with Gasteiger partial charge in [0.2, 0.25) is 0 Å². The Morgan fingerprint density at radius 2 is 1.97 bits per heavy atom. The van der Waals surface area contributed by atoms with Crippen LogP contribution in [-0.2, 0) is 4.79 Å². The van der Waals surface area contributed by atoms with Crippen LogP contribution in [-0.4, -0.2) is 26.3 Å². The van der Waals surface area contributed by atoms with Crippen LogP contribution in [0.15, 0.2) is 42.7 Å². The van der Waals surface area contributed by atoms with E-state index in [-0.39, 0.29) is 18.4 Å². The third kappa shape index (κ3) is 5.35. The number of aromatic nitrogens is 3. The number of aliphatic carboxylic acids is 1. The molecule has 0 saturated heterocycles. The highest BCUT2D eigenvalue weighted by Gasteiger charge is 2.18. The standard InChI is InChI=1S/C23H25N3O3/c1-4-5-17(12-22(27)28)16-6-8-20(9-7-16)29-21(10-15(2)3)18-11-19-14-25-26-23(19)24-13-18/h6-9,11,13-15,17,21H,10,12H2,1-3H3,(H,27,28)(H,24,25,26)/t17?,21-/m0/s1. The van der Waals surface area contributed by atoms with Crippen molar-refractivity contribution in [2.24, 2.45) is 5.92 Å². The number of pyridine rings is 1. The van der Waals surface area contributed by atoms with Gasteiger partial charge in [-0.3, -0.25) is 9.89 Å². The summed E-state index contributed by atoms with van der Waals surface area (Å²) < 4.78 is 6.29. The average Bonchev–Trinajstić information content (AvgIpc) is 3.15. The first-order valence-corrected chi connectivity index (χ1v) is 9.66. The van der Waals surface area contributed by atoms with Crippen molar-refractivity contribution in [3.8, 4) is 17.6 Å². The molecule has 1 aromatic carbocycles. The second kappa shape index (κ2) is 9.24. The molecule has 0 bridgehead atoms. The Kier molecular flexibility index (Phi) is 6.50. The van der Waals surface area contributed by atoms with Gasteiger partial charge in [0.25, 0.3) is 0 Å². The number of rotatable bonds is 8. The highest BCUT2D eigenvalue weighted by molar-refractivity contribution is 5.74. The maximum Gasteiger partial charge on any atom is 0.304 e. The van der Waals surface area contributed by atoms with Crippen LogP contribution in [0, 0.1) is 17.8 Å². The fraction of sp³-hybridized carbons (Fsp3) is 0.348. The molecule has 29 heavy (non-hydrogen) atoms. The Bertz CT molecular complexity index is 1030. The van der Waals surface area contributed by atoms with Crippen molar-refractivity contribution in [3.63, 3.8) is 0 Å². The lowest BCUT2D eigenvalue weighted by Gasteiger charge is -2.21. The van der Waals surface area contributed by atoms with E-state index in [9.17, 15) is 4.79 Å². The number of aromatic amines is 1. The molecule has 3 aromatic rings. The van der Waals surface area contributed by atoms with Crippen molar-refractivity contribution < 1.29 is 14.6 Å². The summed E-state index contributed by atoms with van der Waals surface area (Å²) in [7, 11) is 0. The molecule has 6 nitrogen and oxygen atoms in total. The third-order valence-electron chi connectivity index (χ3n) is 4.63. The maximum absolute atomic E-state index is 11.1. The molecule has 2 heterocycles. The molecule has 6 heteroatoms. The summed E-state index contributed by atoms with van der Waals surface area (Å²) >= 11 is 0. The number of H-pyrrole nitrogens is 1. The van der Waals surface area contributed by atoms with Gasteiger partial charge in [-0.2, -0.15) is 5.10 Å². The smallest absolute Gasteiger partial charge is 0.304 e. The van der Waals surface area contributed by atoms with Gasteiger partial charge in [0.05, 0.1) is 18.5 Å². The summed E-state index contributed by atoms with van der Waals surface area (Å²) in [6, 6.07) is 9.57. The van der Waals surface area contributed by atoms with E-state index in [0.717, 1.165) is 34.3 Å². The molecular formula is C23H25N3O3. The van der Waals surface area contributed by atoms with Crippen LogP contribution in [0.2, 0.25) is 0 Å². The molecule has 0 aliphatic rings. The van der Waals surface area contributed by atoms with Crippen molar-refractivity contribution in [2.45, 2.75) is 45.6 Å². The number of carboxylic acid groups (broad SMARTS) is 1. The fourth-order valence-corrected chi connectivity index (χ4v) is 3.25. The lowest BCUT2D eigenvalue weighted by Crippen LogP contribution is -2.11. The largest absolute Gasteiger partial charge is 0.486 e. The van der Waals surface area contributed by atoms with Gasteiger partial charge in [-0.15, -0.1) is 5.92 Å². The zero-order valence-electron chi connectivity index (χ0n) is 16.8. The topological polar surface area (TPSA) is 88.1 Å². The zero-order valence-corrected chi connectivity index (χ0v) is 16.8. The quantitative estimate of drug-likeness (QED) is 0.543. The van der Waals surface area contributed by atoms with Gasteiger partial charge in [-0.25, -0.2) is 4.98 Å². The van der Waals surface area contributed by atoms with E-state index in [1.54, 1.807) is 13.1 Å². The predicted molar refractivity (Wildman–Crippen MR) is 112 cm³/mol. The van der Waals surface area contributed by atoms with E-state index in [1.165, 1.54) is 0 Å². The molecule has 0 fully saturated rings. The Hall–Kier alpha value is -3.33. The molecule has 3 rings (SSSR count). The zero-order chi connectivity index (χ0) is 20.8. The van der Waals surface area contributed by atoms with Crippen molar-refractivity contribution in [3.05, 3.63) is 53.9 Å². The second-order valence-electron chi connectivity index (χ2n) is 7.43. The summed E-state index contributed by atoms with van der Waals surface area (Å²) in [5.41, 5.74) is 2.62. The molecule has 0 spiro atoms. The van der Waals surface area contributed by atoms with Gasteiger partial charge < -0.3 is 9.84 Å². The molecule has 0 aliphatic carbocycles. The number of hydrogen-bond acceptors (Lipinski definition) is 4. The molecule has 2 atom stereocenters. The third-order valence-corrected chi connectivity index (χ3v) is 4.63. The lowest BCUT2D eigenvalue weighted by molar-refractivity contribution is -0.137. The molecule has 0 aliphatic heterocycles. The van der Waals surface area contributed by atoms with Crippen molar-refractivity contribution in [1.82, 2.24) is 15.2 Å². The van der Waals surface area contributed by atoms with Crippen LogP contribution in [0.5, 0.6) is 5.75 Å². The fourth-order valence-electron chi connectivity index (χ4n) is 3.25. The Labute approximate surface area is 170 Å². The highest BCUT2D eigenvalue weighted by atomic mass is 16.5. The monoisotopic (exact) mass is 391 g/mol. The molecule has 150 valence electrons. The first-order valence-electron chi connectivity index (χ1n) is 9.66. The average molecular weight is 391 g/mol. The number of carbonyl (C=O) groups is 1. The van der Waals surface area contributed by atoms with Gasteiger partial charge in [-0.1, -0.05) is 31.9 Å². The van der Waals surface area contributed by atoms with Gasteiger partial charge in [0.15, 0.2) is 5.65 Å². The minimum absolute atomic E-state index is 0.0204. The van der Waals surface area contributed by atoms with Crippen LogP contribution in [0.1, 0.15) is 56.8 Å². The summed E-state index contributed by atoms with van der Waals surface area (Å²) in [5.74, 6) is 5.76. The van der Waals surface area contributed by atoms with Crippen LogP contribution in [0.3, 0.4) is 0 Å². The van der Waals surface area contributed by atoms with Crippen LogP contribution >= 0.6 is 0 Å². The van der Waals surface area contributed by atoms with E-state index >= 15 is 0 Å². The Balaban J connectivity index is 1.81. The molecule has 0 radical (unpaired) electrons. The molecule has 0 amide bonds. The van der Waals surface area contributed by atoms with E-state index in [4.69, 9.17) is 9.84 Å². The molecular weight excluding hydrogens is 366 g/mol. The number of nitrogens with zero attached hydrogens (tertiary/aromatic N) is 2. The van der Waals surface area contributed by atoms with Gasteiger partial charge in [0.1, 0.15) is 11.9 Å². The number of carboxylic acids is 1. The number of benzene rings is 1. The highest BCUT2D eigenvalue weighted by Crippen LogP contribution is 2.30. The first kappa shape index (κ1) is 20.4. The Morgan fingerprint density at radius 3 is 2.62 bits per heavy atom. The van der Waals surface area contributed by atoms with Crippen molar-refractivity contribution in [1.29, 1.82) is 0 Å². The maximum atomic E-state index is 11.1. The number of hydrogen-bond donors (Lipinski definition) is 2. The van der Waals surface area contributed by atoms with Gasteiger partial charge in [-0.05, 0) is 43.0 Å². The normalized spacial score (nSPS) is 13.0. The molecule has 2 aromatic heterocycles. The lowest BCUT2D eigenvalue weighted by atomic mass is 9.96. The first-order chi connectivity index (χ1) is 14.0. The van der Waals surface area contributed by atoms with Crippen molar-refractivity contribution >= 4 is 17.0 Å². The van der Waals surface area contributed by atoms with E-state index < -0.39 is 5.97 Å². The van der Waals surface area contributed by atoms with E-state index in [0.29, 0.717) is 5.92 Å². The SMILES string of the molecule is CC#CC(CC(=O)O)c1ccc(O[C@@H](CC(C)C)c2cnc3[nH]ncc3c2)cc1. The molecule has 2 N–H and O–H groups in total. The summed E-state index contributed by atoms with van der Waals surface area (Å²) in [6.45, 7) is 6.03. The number of ether oxygens (including phenoxy) is 1. The predicted octanol–water partition coefficient (Wildman–Crippen LogP) is 4.71. The van der Waals surface area contributed by atoms with Crippen LogP contribution in [0.4, 0.5) is 0 Å². The van der Waals surface area contributed by atoms with E-state index in [2.05, 4.69) is 40.9 Å². The molecule has 0 saturated carbocycles. The van der Waals surface area contributed by atoms with Crippen LogP contribution in [0.25, 0.3) is 11.0 Å². The minimum Gasteiger partial charge on any atom is -0.486 e. The minimum atomic E-state index is -0.864. The summed E-state index contributed by atoms with van der Waals surface area (Å²) in [4.78, 5) is 15.5. The Morgan fingerprint density at radius 1 is 1.21 bits per heavy atom. The molecule has 1 unspecified atom stereocenters. The number of fused-ring (bicyclic) bond motifs is 1. The second-order valence-corrected chi connectivity index (χ2v) is 7.43. The van der Waals surface area contributed by atoms with Crippen molar-refractivity contribution in [2.75, 3.05) is 0 Å². The van der Waals surface area contributed by atoms with E-state index in [1.807, 2.05) is 36.5 Å². The van der Waals surface area contributed by atoms with Gasteiger partial charge in [0, 0.05) is 17.1 Å². The van der Waals surface area contributed by atoms with Crippen LogP contribution < -0.4 is 4.74 Å². The number of nitrogens with one attached hydrogen (secondary N) is 1. The van der Waals surface area contributed by atoms with Gasteiger partial charge >= 0.3 is 5.97 Å². The summed E-state index contributed by atoms with van der Waals surface area (Å²) in [5, 5.41) is 16.9.